The molecule has 1 aromatic carbocycles. The molecule has 0 unspecified atom stereocenters. The predicted octanol–water partition coefficient (Wildman–Crippen LogP) is 0.695. The lowest BCUT2D eigenvalue weighted by Crippen LogP contribution is -2.79. The lowest BCUT2D eigenvalue weighted by Gasteiger charge is -2.59. The molecule has 1 aliphatic heterocycles. The summed E-state index contributed by atoms with van der Waals surface area (Å²) >= 11 is 3.32. The van der Waals surface area contributed by atoms with E-state index in [1.165, 1.54) is 4.90 Å². The number of benzene rings is 1. The number of nitrogens with zero attached hydrogens (tertiary/aromatic N) is 1. The molecule has 3 rings (SSSR count). The standard InChI is InChI=1S/C14H14BrNO4/c15-11-12-10(13(11)18)14(19)16(12)6-9(17)20-7-8-4-2-1-3-5-8/h1-5,10-13,18H,6-7H2/t10-,11+,12-,13+/m1/s1. The van der Waals surface area contributed by atoms with Gasteiger partial charge in [-0.15, -0.1) is 0 Å². The van der Waals surface area contributed by atoms with E-state index in [1.807, 2.05) is 30.3 Å². The summed E-state index contributed by atoms with van der Waals surface area (Å²) in [7, 11) is 0. The minimum Gasteiger partial charge on any atom is -0.459 e. The first-order valence-electron chi connectivity index (χ1n) is 6.42. The van der Waals surface area contributed by atoms with Crippen molar-refractivity contribution in [2.24, 2.45) is 5.92 Å². The van der Waals surface area contributed by atoms with Crippen molar-refractivity contribution >= 4 is 27.8 Å². The van der Waals surface area contributed by atoms with Gasteiger partial charge in [0.05, 0.1) is 22.9 Å². The minimum atomic E-state index is -0.635. The predicted molar refractivity (Wildman–Crippen MR) is 74.0 cm³/mol. The molecule has 2 aliphatic rings. The van der Waals surface area contributed by atoms with Crippen LogP contribution in [0.1, 0.15) is 5.56 Å². The van der Waals surface area contributed by atoms with E-state index in [1.54, 1.807) is 0 Å². The largest absolute Gasteiger partial charge is 0.459 e. The number of ether oxygens (including phenoxy) is 1. The monoisotopic (exact) mass is 339 g/mol. The first kappa shape index (κ1) is 13.6. The van der Waals surface area contributed by atoms with E-state index in [9.17, 15) is 14.7 Å². The number of carbonyl (C=O) groups excluding carboxylic acids is 2. The number of β-lactam (4-membered cyclic amide) rings is 1. The number of piperidine rings is 1. The molecule has 2 fully saturated rings. The Morgan fingerprint density at radius 2 is 2.05 bits per heavy atom. The van der Waals surface area contributed by atoms with Crippen LogP contribution in [0.4, 0.5) is 0 Å². The number of amides is 1. The van der Waals surface area contributed by atoms with Crippen molar-refractivity contribution in [1.82, 2.24) is 4.90 Å². The fourth-order valence-corrected chi connectivity index (χ4v) is 3.62. The first-order chi connectivity index (χ1) is 9.59. The smallest absolute Gasteiger partial charge is 0.325 e. The molecule has 1 saturated carbocycles. The quantitative estimate of drug-likeness (QED) is 0.498. The van der Waals surface area contributed by atoms with Crippen molar-refractivity contribution in [1.29, 1.82) is 0 Å². The zero-order chi connectivity index (χ0) is 14.3. The Bertz CT molecular complexity index is 535. The molecule has 1 aliphatic carbocycles. The lowest BCUT2D eigenvalue weighted by molar-refractivity contribution is -0.189. The Morgan fingerprint density at radius 1 is 1.35 bits per heavy atom. The van der Waals surface area contributed by atoms with Gasteiger partial charge in [0.15, 0.2) is 0 Å². The molecule has 1 amide bonds. The third-order valence-electron chi connectivity index (χ3n) is 3.86. The van der Waals surface area contributed by atoms with Crippen molar-refractivity contribution in [2.75, 3.05) is 6.54 Å². The van der Waals surface area contributed by atoms with Gasteiger partial charge < -0.3 is 14.7 Å². The second kappa shape index (κ2) is 5.18. The van der Waals surface area contributed by atoms with Crippen LogP contribution in [0.5, 0.6) is 0 Å². The molecule has 0 bridgehead atoms. The highest BCUT2D eigenvalue weighted by atomic mass is 79.9. The number of carbonyl (C=O) groups is 2. The van der Waals surface area contributed by atoms with Gasteiger partial charge in [-0.25, -0.2) is 0 Å². The van der Waals surface area contributed by atoms with E-state index in [2.05, 4.69) is 15.9 Å². The number of alkyl halides is 1. The summed E-state index contributed by atoms with van der Waals surface area (Å²) in [6.07, 6.45) is -0.635. The molecule has 106 valence electrons. The zero-order valence-corrected chi connectivity index (χ0v) is 12.2. The third-order valence-corrected chi connectivity index (χ3v) is 4.94. The van der Waals surface area contributed by atoms with E-state index in [0.29, 0.717) is 0 Å². The Labute approximate surface area is 124 Å². The molecule has 1 heterocycles. The van der Waals surface area contributed by atoms with Gasteiger partial charge in [0, 0.05) is 0 Å². The number of esters is 1. The highest BCUT2D eigenvalue weighted by Crippen LogP contribution is 2.46. The van der Waals surface area contributed by atoms with Gasteiger partial charge in [-0.05, 0) is 5.56 Å². The SMILES string of the molecule is O=C(CN1C(=O)[C@H]2[C@H](O)[C@@H](Br)[C@@H]21)OCc1ccccc1. The number of hydrogen-bond donors (Lipinski definition) is 1. The molecule has 0 radical (unpaired) electrons. The van der Waals surface area contributed by atoms with Crippen molar-refractivity contribution in [3.8, 4) is 0 Å². The summed E-state index contributed by atoms with van der Waals surface area (Å²) < 4.78 is 5.14. The molecule has 6 heteroatoms. The summed E-state index contributed by atoms with van der Waals surface area (Å²) in [5.41, 5.74) is 0.908. The maximum absolute atomic E-state index is 11.7. The molecule has 4 atom stereocenters. The number of aliphatic hydroxyl groups excluding tert-OH is 1. The molecule has 1 saturated heterocycles. The van der Waals surface area contributed by atoms with Gasteiger partial charge >= 0.3 is 5.97 Å². The van der Waals surface area contributed by atoms with E-state index in [4.69, 9.17) is 4.74 Å². The topological polar surface area (TPSA) is 66.8 Å². The molecular weight excluding hydrogens is 326 g/mol. The number of aliphatic hydroxyl groups is 1. The Hall–Kier alpha value is -1.40. The summed E-state index contributed by atoms with van der Waals surface area (Å²) in [5, 5.41) is 9.57. The third kappa shape index (κ3) is 2.13. The summed E-state index contributed by atoms with van der Waals surface area (Å²) in [4.78, 5) is 24.8. The maximum Gasteiger partial charge on any atom is 0.325 e. The molecular formula is C14H14BrNO4. The first-order valence-corrected chi connectivity index (χ1v) is 7.33. The Morgan fingerprint density at radius 3 is 2.75 bits per heavy atom. The van der Waals surface area contributed by atoms with Crippen LogP contribution in [-0.2, 0) is 20.9 Å². The van der Waals surface area contributed by atoms with Crippen LogP contribution in [0, 0.1) is 5.92 Å². The van der Waals surface area contributed by atoms with Crippen LogP contribution in [-0.4, -0.2) is 45.4 Å². The number of fused-ring (bicyclic) bond motifs is 1. The van der Waals surface area contributed by atoms with Gasteiger partial charge in [0.2, 0.25) is 5.91 Å². The lowest BCUT2D eigenvalue weighted by atomic mass is 9.68. The van der Waals surface area contributed by atoms with Crippen molar-refractivity contribution in [3.05, 3.63) is 35.9 Å². The Kier molecular flexibility index (Phi) is 3.52. The fourth-order valence-electron chi connectivity index (χ4n) is 2.68. The van der Waals surface area contributed by atoms with Crippen LogP contribution in [0.2, 0.25) is 0 Å². The van der Waals surface area contributed by atoms with Crippen molar-refractivity contribution < 1.29 is 19.4 Å². The van der Waals surface area contributed by atoms with Gasteiger partial charge in [0.1, 0.15) is 13.2 Å². The maximum atomic E-state index is 11.7. The highest BCUT2D eigenvalue weighted by Gasteiger charge is 2.65. The van der Waals surface area contributed by atoms with Gasteiger partial charge in [0.25, 0.3) is 0 Å². The second-order valence-corrected chi connectivity index (χ2v) is 6.12. The minimum absolute atomic E-state index is 0.0539. The molecule has 1 N–H and O–H groups in total. The van der Waals surface area contributed by atoms with Crippen molar-refractivity contribution in [3.63, 3.8) is 0 Å². The fraction of sp³-hybridized carbons (Fsp3) is 0.429. The number of halogens is 1. The summed E-state index contributed by atoms with van der Waals surface area (Å²) in [6, 6.07) is 9.30. The van der Waals surface area contributed by atoms with Crippen molar-refractivity contribution in [2.45, 2.75) is 23.6 Å². The molecule has 20 heavy (non-hydrogen) atoms. The summed E-state index contributed by atoms with van der Waals surface area (Å²) in [5.74, 6) is -0.946. The van der Waals surface area contributed by atoms with Crippen LogP contribution in [0.25, 0.3) is 0 Å². The van der Waals surface area contributed by atoms with Crippen LogP contribution < -0.4 is 0 Å². The Balaban J connectivity index is 1.49. The normalized spacial score (nSPS) is 31.1. The molecule has 0 aromatic heterocycles. The average Bonchev–Trinajstić information content (AvgIpc) is 2.47. The second-order valence-electron chi connectivity index (χ2n) is 5.06. The van der Waals surface area contributed by atoms with Crippen LogP contribution >= 0.6 is 15.9 Å². The van der Waals surface area contributed by atoms with E-state index in [-0.39, 0.29) is 35.8 Å². The van der Waals surface area contributed by atoms with Gasteiger partial charge in [-0.1, -0.05) is 46.3 Å². The molecule has 0 spiro atoms. The van der Waals surface area contributed by atoms with Crippen LogP contribution in [0.15, 0.2) is 30.3 Å². The van der Waals surface area contributed by atoms with Gasteiger partial charge in [-0.3, -0.25) is 9.59 Å². The number of rotatable bonds is 4. The zero-order valence-electron chi connectivity index (χ0n) is 10.6. The van der Waals surface area contributed by atoms with E-state index >= 15 is 0 Å². The number of likely N-dealkylation sites (tertiary alicyclic amines) is 1. The molecule has 5 nitrogen and oxygen atoms in total. The van der Waals surface area contributed by atoms with Crippen LogP contribution in [0.3, 0.4) is 0 Å². The summed E-state index contributed by atoms with van der Waals surface area (Å²) in [6.45, 7) is 0.151. The number of hydrogen-bond acceptors (Lipinski definition) is 4. The average molecular weight is 340 g/mol. The van der Waals surface area contributed by atoms with E-state index < -0.39 is 12.1 Å². The molecule has 1 aromatic rings. The van der Waals surface area contributed by atoms with Gasteiger partial charge in [-0.2, -0.15) is 0 Å². The highest BCUT2D eigenvalue weighted by molar-refractivity contribution is 9.09. The van der Waals surface area contributed by atoms with E-state index in [0.717, 1.165) is 5.56 Å².